The number of morpholine rings is 1. The van der Waals surface area contributed by atoms with Gasteiger partial charge in [-0.25, -0.2) is 0 Å². The predicted molar refractivity (Wildman–Crippen MR) is 77.1 cm³/mol. The van der Waals surface area contributed by atoms with Crippen molar-refractivity contribution < 1.29 is 4.74 Å². The number of pyridine rings is 1. The normalized spacial score (nSPS) is 19.3. The van der Waals surface area contributed by atoms with Gasteiger partial charge in [0.15, 0.2) is 0 Å². The lowest BCUT2D eigenvalue weighted by Crippen LogP contribution is -2.54. The lowest BCUT2D eigenvalue weighted by Gasteiger charge is -2.41. The van der Waals surface area contributed by atoms with Crippen LogP contribution in [0.25, 0.3) is 0 Å². The van der Waals surface area contributed by atoms with Crippen molar-refractivity contribution in [1.29, 1.82) is 0 Å². The van der Waals surface area contributed by atoms with Gasteiger partial charge in [-0.15, -0.1) is 0 Å². The molecule has 106 valence electrons. The molecule has 0 unspecified atom stereocenters. The summed E-state index contributed by atoms with van der Waals surface area (Å²) in [6, 6.07) is 6.34. The number of hydrogen-bond donors (Lipinski definition) is 1. The molecular weight excluding hydrogens is 238 g/mol. The summed E-state index contributed by atoms with van der Waals surface area (Å²) >= 11 is 0. The second-order valence-corrected chi connectivity index (χ2v) is 5.77. The lowest BCUT2D eigenvalue weighted by molar-refractivity contribution is -0.0102. The Hall–Kier alpha value is -0.970. The Bertz CT molecular complexity index is 374. The average molecular weight is 263 g/mol. The van der Waals surface area contributed by atoms with Crippen LogP contribution >= 0.6 is 0 Å². The van der Waals surface area contributed by atoms with Crippen molar-refractivity contribution >= 4 is 0 Å². The molecule has 4 heteroatoms. The molecule has 2 heterocycles. The summed E-state index contributed by atoms with van der Waals surface area (Å²) < 4.78 is 5.42. The molecule has 4 nitrogen and oxygen atoms in total. The maximum absolute atomic E-state index is 5.42. The molecule has 19 heavy (non-hydrogen) atoms. The molecule has 1 atom stereocenters. The molecule has 0 saturated carbocycles. The van der Waals surface area contributed by atoms with Crippen LogP contribution in [-0.4, -0.2) is 48.3 Å². The highest BCUT2D eigenvalue weighted by atomic mass is 16.5. The second-order valence-electron chi connectivity index (χ2n) is 5.77. The molecule has 0 aromatic carbocycles. The van der Waals surface area contributed by atoms with Crippen molar-refractivity contribution in [3.8, 4) is 0 Å². The molecule has 1 aromatic rings. The first-order valence-corrected chi connectivity index (χ1v) is 7.07. The van der Waals surface area contributed by atoms with Crippen LogP contribution in [0.1, 0.15) is 32.5 Å². The molecular formula is C15H25N3O. The van der Waals surface area contributed by atoms with Crippen LogP contribution in [0.3, 0.4) is 0 Å². The van der Waals surface area contributed by atoms with Crippen molar-refractivity contribution in [2.75, 3.05) is 32.8 Å². The fraction of sp³-hybridized carbons (Fsp3) is 0.667. The van der Waals surface area contributed by atoms with Crippen molar-refractivity contribution in [1.82, 2.24) is 15.2 Å². The van der Waals surface area contributed by atoms with Gasteiger partial charge in [0.05, 0.1) is 18.9 Å². The van der Waals surface area contributed by atoms with Crippen LogP contribution < -0.4 is 5.32 Å². The highest BCUT2D eigenvalue weighted by Crippen LogP contribution is 2.17. The maximum Gasteiger partial charge on any atom is 0.0594 e. The van der Waals surface area contributed by atoms with E-state index in [-0.39, 0.29) is 11.6 Å². The zero-order chi connectivity index (χ0) is 13.7. The van der Waals surface area contributed by atoms with E-state index in [0.717, 1.165) is 38.5 Å². The fourth-order valence-electron chi connectivity index (χ4n) is 2.42. The quantitative estimate of drug-likeness (QED) is 0.879. The minimum Gasteiger partial charge on any atom is -0.379 e. The van der Waals surface area contributed by atoms with E-state index in [2.05, 4.69) is 42.0 Å². The number of nitrogens with zero attached hydrogens (tertiary/aromatic N) is 2. The highest BCUT2D eigenvalue weighted by Gasteiger charge is 2.28. The SMILES string of the molecule is C[C@H](NCC(C)(C)N1CCOCC1)c1ccccn1. The zero-order valence-corrected chi connectivity index (χ0v) is 12.2. The summed E-state index contributed by atoms with van der Waals surface area (Å²) in [4.78, 5) is 6.89. The van der Waals surface area contributed by atoms with Crippen LogP contribution in [0.5, 0.6) is 0 Å². The summed E-state index contributed by atoms with van der Waals surface area (Å²) in [5.74, 6) is 0. The third-order valence-electron chi connectivity index (χ3n) is 3.84. The van der Waals surface area contributed by atoms with Gasteiger partial charge >= 0.3 is 0 Å². The van der Waals surface area contributed by atoms with Gasteiger partial charge in [-0.05, 0) is 32.9 Å². The Morgan fingerprint density at radius 2 is 2.11 bits per heavy atom. The van der Waals surface area contributed by atoms with Gasteiger partial charge in [0.1, 0.15) is 0 Å². The third kappa shape index (κ3) is 4.00. The van der Waals surface area contributed by atoms with E-state index in [1.165, 1.54) is 0 Å². The molecule has 0 amide bonds. The predicted octanol–water partition coefficient (Wildman–Crippen LogP) is 1.84. The Kier molecular flexibility index (Phi) is 4.91. The minimum absolute atomic E-state index is 0.146. The smallest absolute Gasteiger partial charge is 0.0594 e. The van der Waals surface area contributed by atoms with Gasteiger partial charge in [0, 0.05) is 37.4 Å². The van der Waals surface area contributed by atoms with Gasteiger partial charge in [-0.3, -0.25) is 9.88 Å². The summed E-state index contributed by atoms with van der Waals surface area (Å²) in [6.07, 6.45) is 1.85. The molecule has 2 rings (SSSR count). The van der Waals surface area contributed by atoms with E-state index >= 15 is 0 Å². The molecule has 1 aliphatic rings. The van der Waals surface area contributed by atoms with Crippen LogP contribution in [0.4, 0.5) is 0 Å². The second kappa shape index (κ2) is 6.46. The fourth-order valence-corrected chi connectivity index (χ4v) is 2.42. The molecule has 1 aliphatic heterocycles. The first-order chi connectivity index (χ1) is 9.09. The topological polar surface area (TPSA) is 37.4 Å². The number of ether oxygens (including phenoxy) is 1. The van der Waals surface area contributed by atoms with Gasteiger partial charge < -0.3 is 10.1 Å². The number of nitrogens with one attached hydrogen (secondary N) is 1. The van der Waals surface area contributed by atoms with E-state index in [0.29, 0.717) is 0 Å². The monoisotopic (exact) mass is 263 g/mol. The molecule has 0 radical (unpaired) electrons. The lowest BCUT2D eigenvalue weighted by atomic mass is 10.0. The molecule has 0 spiro atoms. The Morgan fingerprint density at radius 3 is 2.74 bits per heavy atom. The molecule has 1 aromatic heterocycles. The van der Waals surface area contributed by atoms with E-state index in [1.54, 1.807) is 0 Å². The first kappa shape index (κ1) is 14.4. The van der Waals surface area contributed by atoms with Gasteiger partial charge in [-0.2, -0.15) is 0 Å². The zero-order valence-electron chi connectivity index (χ0n) is 12.2. The summed E-state index contributed by atoms with van der Waals surface area (Å²) in [6.45, 7) is 11.4. The van der Waals surface area contributed by atoms with Crippen LogP contribution in [0.2, 0.25) is 0 Å². The largest absolute Gasteiger partial charge is 0.379 e. The molecule has 1 fully saturated rings. The summed E-state index contributed by atoms with van der Waals surface area (Å²) in [5.41, 5.74) is 1.24. The van der Waals surface area contributed by atoms with Crippen LogP contribution in [0, 0.1) is 0 Å². The Balaban J connectivity index is 1.86. The maximum atomic E-state index is 5.42. The number of hydrogen-bond acceptors (Lipinski definition) is 4. The summed E-state index contributed by atoms with van der Waals surface area (Å²) in [5, 5.41) is 3.59. The highest BCUT2D eigenvalue weighted by molar-refractivity contribution is 5.07. The van der Waals surface area contributed by atoms with E-state index < -0.39 is 0 Å². The van der Waals surface area contributed by atoms with E-state index in [4.69, 9.17) is 4.74 Å². The standard InChI is InChI=1S/C15H25N3O/c1-13(14-6-4-5-7-16-14)17-12-15(2,3)18-8-10-19-11-9-18/h4-7,13,17H,8-12H2,1-3H3/t13-/m0/s1. The van der Waals surface area contributed by atoms with Gasteiger partial charge in [0.2, 0.25) is 0 Å². The van der Waals surface area contributed by atoms with E-state index in [9.17, 15) is 0 Å². The molecule has 0 aliphatic carbocycles. The average Bonchev–Trinajstić information content (AvgIpc) is 2.47. The number of aromatic nitrogens is 1. The van der Waals surface area contributed by atoms with Gasteiger partial charge in [0.25, 0.3) is 0 Å². The van der Waals surface area contributed by atoms with Crippen molar-refractivity contribution in [2.24, 2.45) is 0 Å². The first-order valence-electron chi connectivity index (χ1n) is 7.07. The number of rotatable bonds is 5. The molecule has 0 bridgehead atoms. The minimum atomic E-state index is 0.146. The Labute approximate surface area is 116 Å². The van der Waals surface area contributed by atoms with Crippen molar-refractivity contribution in [3.05, 3.63) is 30.1 Å². The molecule has 1 N–H and O–H groups in total. The summed E-state index contributed by atoms with van der Waals surface area (Å²) in [7, 11) is 0. The van der Waals surface area contributed by atoms with Gasteiger partial charge in [-0.1, -0.05) is 6.07 Å². The van der Waals surface area contributed by atoms with Crippen LogP contribution in [-0.2, 0) is 4.74 Å². The Morgan fingerprint density at radius 1 is 1.37 bits per heavy atom. The third-order valence-corrected chi connectivity index (χ3v) is 3.84. The molecule has 1 saturated heterocycles. The van der Waals surface area contributed by atoms with Crippen LogP contribution in [0.15, 0.2) is 24.4 Å². The van der Waals surface area contributed by atoms with E-state index in [1.807, 2.05) is 18.3 Å². The van der Waals surface area contributed by atoms with Crippen molar-refractivity contribution in [2.45, 2.75) is 32.4 Å². The van der Waals surface area contributed by atoms with Crippen molar-refractivity contribution in [3.63, 3.8) is 0 Å².